The zero-order valence-corrected chi connectivity index (χ0v) is 12.4. The van der Waals surface area contributed by atoms with Gasteiger partial charge in [0.2, 0.25) is 0 Å². The van der Waals surface area contributed by atoms with Crippen LogP contribution in [-0.4, -0.2) is 30.6 Å². The lowest BCUT2D eigenvalue weighted by Crippen LogP contribution is -2.45. The minimum Gasteiger partial charge on any atom is -0.313 e. The van der Waals surface area contributed by atoms with Crippen molar-refractivity contribution in [1.29, 1.82) is 0 Å². The van der Waals surface area contributed by atoms with Crippen LogP contribution >= 0.6 is 0 Å². The summed E-state index contributed by atoms with van der Waals surface area (Å²) in [6, 6.07) is 11.5. The van der Waals surface area contributed by atoms with Gasteiger partial charge in [0.25, 0.3) is 0 Å². The number of nitrogens with zero attached hydrogens (tertiary/aromatic N) is 1. The number of piperidine rings is 1. The molecule has 1 aromatic rings. The van der Waals surface area contributed by atoms with E-state index in [1.807, 2.05) is 0 Å². The van der Waals surface area contributed by atoms with Gasteiger partial charge in [-0.3, -0.25) is 4.90 Å². The molecule has 0 radical (unpaired) electrons. The summed E-state index contributed by atoms with van der Waals surface area (Å²) in [5.74, 6) is 0.932. The summed E-state index contributed by atoms with van der Waals surface area (Å²) in [5, 5.41) is 3.69. The third-order valence-electron chi connectivity index (χ3n) is 4.36. The molecule has 1 N–H and O–H groups in total. The molecule has 0 aromatic heterocycles. The maximum atomic E-state index is 3.69. The minimum absolute atomic E-state index is 0.683. The summed E-state index contributed by atoms with van der Waals surface area (Å²) in [5.41, 5.74) is 1.42. The van der Waals surface area contributed by atoms with Gasteiger partial charge < -0.3 is 5.32 Å². The summed E-state index contributed by atoms with van der Waals surface area (Å²) in [6.07, 6.45) is 4.04. The first-order valence-electron chi connectivity index (χ1n) is 7.81. The average molecular weight is 260 g/mol. The van der Waals surface area contributed by atoms with Gasteiger partial charge in [-0.05, 0) is 37.4 Å². The minimum atomic E-state index is 0.683. The third-order valence-corrected chi connectivity index (χ3v) is 4.36. The molecule has 1 aliphatic heterocycles. The van der Waals surface area contributed by atoms with Gasteiger partial charge in [0.15, 0.2) is 0 Å². The van der Waals surface area contributed by atoms with Gasteiger partial charge >= 0.3 is 0 Å². The van der Waals surface area contributed by atoms with Crippen molar-refractivity contribution in [2.24, 2.45) is 5.92 Å². The molecule has 1 heterocycles. The Hall–Kier alpha value is -0.860. The highest BCUT2D eigenvalue weighted by atomic mass is 15.1. The first-order valence-corrected chi connectivity index (χ1v) is 7.81. The molecule has 1 fully saturated rings. The second kappa shape index (κ2) is 7.66. The molecule has 0 aliphatic carbocycles. The van der Waals surface area contributed by atoms with Crippen molar-refractivity contribution < 1.29 is 0 Å². The summed E-state index contributed by atoms with van der Waals surface area (Å²) >= 11 is 0. The highest BCUT2D eigenvalue weighted by molar-refractivity contribution is 5.14. The van der Waals surface area contributed by atoms with Crippen LogP contribution in [0.25, 0.3) is 0 Å². The van der Waals surface area contributed by atoms with Crippen molar-refractivity contribution in [3.63, 3.8) is 0 Å². The lowest BCUT2D eigenvalue weighted by atomic mass is 9.90. The molecular weight excluding hydrogens is 232 g/mol. The standard InChI is InChI=1S/C17H28N2/c1-3-15-10-11-18-17(12-15)14-19(4-2)13-16-8-6-5-7-9-16/h5-9,15,17-18H,3-4,10-14H2,1-2H3. The van der Waals surface area contributed by atoms with Gasteiger partial charge in [-0.15, -0.1) is 0 Å². The summed E-state index contributed by atoms with van der Waals surface area (Å²) in [7, 11) is 0. The van der Waals surface area contributed by atoms with Gasteiger partial charge in [0.05, 0.1) is 0 Å². The van der Waals surface area contributed by atoms with Crippen LogP contribution in [0.2, 0.25) is 0 Å². The summed E-state index contributed by atoms with van der Waals surface area (Å²) in [4.78, 5) is 2.56. The maximum Gasteiger partial charge on any atom is 0.0234 e. The van der Waals surface area contributed by atoms with Crippen LogP contribution in [0, 0.1) is 5.92 Å². The van der Waals surface area contributed by atoms with E-state index >= 15 is 0 Å². The number of nitrogens with one attached hydrogen (secondary N) is 1. The quantitative estimate of drug-likeness (QED) is 0.844. The number of benzene rings is 1. The molecular formula is C17H28N2. The fourth-order valence-electron chi connectivity index (χ4n) is 3.06. The van der Waals surface area contributed by atoms with E-state index in [0.29, 0.717) is 6.04 Å². The van der Waals surface area contributed by atoms with Crippen LogP contribution in [0.1, 0.15) is 38.7 Å². The van der Waals surface area contributed by atoms with Crippen LogP contribution in [0.5, 0.6) is 0 Å². The molecule has 2 heteroatoms. The van der Waals surface area contributed by atoms with E-state index in [4.69, 9.17) is 0 Å². The van der Waals surface area contributed by atoms with E-state index < -0.39 is 0 Å². The van der Waals surface area contributed by atoms with E-state index in [9.17, 15) is 0 Å². The number of hydrogen-bond donors (Lipinski definition) is 1. The Balaban J connectivity index is 1.85. The molecule has 0 spiro atoms. The van der Waals surface area contributed by atoms with Gasteiger partial charge in [0, 0.05) is 19.1 Å². The maximum absolute atomic E-state index is 3.69. The van der Waals surface area contributed by atoms with Crippen molar-refractivity contribution in [2.45, 2.75) is 45.7 Å². The van der Waals surface area contributed by atoms with Gasteiger partial charge in [-0.2, -0.15) is 0 Å². The van der Waals surface area contributed by atoms with Crippen molar-refractivity contribution in [1.82, 2.24) is 10.2 Å². The topological polar surface area (TPSA) is 15.3 Å². The van der Waals surface area contributed by atoms with Gasteiger partial charge in [0.1, 0.15) is 0 Å². The normalized spacial score (nSPS) is 23.7. The number of hydrogen-bond acceptors (Lipinski definition) is 2. The average Bonchev–Trinajstić information content (AvgIpc) is 2.48. The highest BCUT2D eigenvalue weighted by Crippen LogP contribution is 2.20. The number of likely N-dealkylation sites (N-methyl/N-ethyl adjacent to an activating group) is 1. The van der Waals surface area contributed by atoms with Crippen LogP contribution in [0.3, 0.4) is 0 Å². The molecule has 1 saturated heterocycles. The Bertz CT molecular complexity index is 350. The van der Waals surface area contributed by atoms with E-state index in [2.05, 4.69) is 54.4 Å². The largest absolute Gasteiger partial charge is 0.313 e. The van der Waals surface area contributed by atoms with Crippen molar-refractivity contribution >= 4 is 0 Å². The second-order valence-corrected chi connectivity index (χ2v) is 5.76. The summed E-state index contributed by atoms with van der Waals surface area (Å²) < 4.78 is 0. The predicted molar refractivity (Wildman–Crippen MR) is 82.2 cm³/mol. The van der Waals surface area contributed by atoms with Crippen molar-refractivity contribution in [3.8, 4) is 0 Å². The molecule has 2 atom stereocenters. The van der Waals surface area contributed by atoms with Crippen molar-refractivity contribution in [2.75, 3.05) is 19.6 Å². The SMILES string of the molecule is CCC1CCNC(CN(CC)Cc2ccccc2)C1. The zero-order chi connectivity index (χ0) is 13.5. The van der Waals surface area contributed by atoms with E-state index in [1.54, 1.807) is 0 Å². The summed E-state index contributed by atoms with van der Waals surface area (Å²) in [6.45, 7) is 9.18. The Morgan fingerprint density at radius 3 is 2.68 bits per heavy atom. The molecule has 2 rings (SSSR count). The molecule has 0 saturated carbocycles. The van der Waals surface area contributed by atoms with Crippen LogP contribution in [0.4, 0.5) is 0 Å². The lowest BCUT2D eigenvalue weighted by molar-refractivity contribution is 0.200. The Morgan fingerprint density at radius 2 is 2.00 bits per heavy atom. The van der Waals surface area contributed by atoms with Crippen LogP contribution in [0.15, 0.2) is 30.3 Å². The highest BCUT2D eigenvalue weighted by Gasteiger charge is 2.21. The molecule has 0 bridgehead atoms. The molecule has 1 aliphatic rings. The van der Waals surface area contributed by atoms with Crippen LogP contribution in [-0.2, 0) is 6.54 Å². The molecule has 0 amide bonds. The van der Waals surface area contributed by atoms with E-state index in [-0.39, 0.29) is 0 Å². The first kappa shape index (κ1) is 14.5. The molecule has 106 valence electrons. The van der Waals surface area contributed by atoms with Crippen LogP contribution < -0.4 is 5.32 Å². The Morgan fingerprint density at radius 1 is 1.21 bits per heavy atom. The third kappa shape index (κ3) is 4.63. The smallest absolute Gasteiger partial charge is 0.0234 e. The monoisotopic (exact) mass is 260 g/mol. The Kier molecular flexibility index (Phi) is 5.87. The zero-order valence-electron chi connectivity index (χ0n) is 12.4. The van der Waals surface area contributed by atoms with Crippen molar-refractivity contribution in [3.05, 3.63) is 35.9 Å². The fourth-order valence-corrected chi connectivity index (χ4v) is 3.06. The van der Waals surface area contributed by atoms with E-state index in [1.165, 1.54) is 37.9 Å². The molecule has 1 aromatic carbocycles. The predicted octanol–water partition coefficient (Wildman–Crippen LogP) is 3.29. The fraction of sp³-hybridized carbons (Fsp3) is 0.647. The first-order chi connectivity index (χ1) is 9.31. The Labute approximate surface area is 118 Å². The molecule has 2 nitrogen and oxygen atoms in total. The molecule has 2 unspecified atom stereocenters. The lowest BCUT2D eigenvalue weighted by Gasteiger charge is -2.33. The number of rotatable bonds is 6. The van der Waals surface area contributed by atoms with Gasteiger partial charge in [-0.1, -0.05) is 50.6 Å². The van der Waals surface area contributed by atoms with E-state index in [0.717, 1.165) is 19.0 Å². The molecule has 19 heavy (non-hydrogen) atoms. The van der Waals surface area contributed by atoms with Gasteiger partial charge in [-0.25, -0.2) is 0 Å². The second-order valence-electron chi connectivity index (χ2n) is 5.76.